The average molecular weight is 449 g/mol. The van der Waals surface area contributed by atoms with Crippen LogP contribution in [0, 0.1) is 0 Å². The second kappa shape index (κ2) is 8.22. The summed E-state index contributed by atoms with van der Waals surface area (Å²) in [6, 6.07) is 19.4. The van der Waals surface area contributed by atoms with Crippen LogP contribution in [0.5, 0.6) is 23.0 Å². The van der Waals surface area contributed by atoms with E-state index in [1.54, 1.807) is 74.9 Å². The first-order valence-electron chi connectivity index (χ1n) is 10.4. The zero-order valence-electron chi connectivity index (χ0n) is 18.2. The highest BCUT2D eigenvalue weighted by Crippen LogP contribution is 2.48. The van der Waals surface area contributed by atoms with Gasteiger partial charge in [0.1, 0.15) is 11.5 Å². The molecule has 0 radical (unpaired) electrons. The molecule has 0 bridgehead atoms. The summed E-state index contributed by atoms with van der Waals surface area (Å²) >= 11 is 0. The maximum absolute atomic E-state index is 13.1. The van der Waals surface area contributed by atoms with E-state index in [9.17, 15) is 9.90 Å². The van der Waals surface area contributed by atoms with Gasteiger partial charge < -0.3 is 28.8 Å². The third kappa shape index (κ3) is 3.58. The Morgan fingerprint density at radius 1 is 0.939 bits per heavy atom. The quantitative estimate of drug-likeness (QED) is 0.609. The van der Waals surface area contributed by atoms with Crippen molar-refractivity contribution in [2.24, 2.45) is 0 Å². The van der Waals surface area contributed by atoms with Crippen molar-refractivity contribution in [1.82, 2.24) is 4.90 Å². The van der Waals surface area contributed by atoms with Gasteiger partial charge in [-0.15, -0.1) is 0 Å². The molecule has 3 aromatic carbocycles. The van der Waals surface area contributed by atoms with Crippen molar-refractivity contribution in [2.45, 2.75) is 18.4 Å². The molecule has 170 valence electrons. The second-order valence-electron chi connectivity index (χ2n) is 7.77. The number of cyclic esters (lactones) is 1. The number of nitrogens with zero attached hydrogens (tertiary/aromatic N) is 1. The summed E-state index contributed by atoms with van der Waals surface area (Å²) in [5.41, 5.74) is 0.124. The molecule has 33 heavy (non-hydrogen) atoms. The highest BCUT2D eigenvalue weighted by Gasteiger charge is 2.56. The number of carbonyl (C=O) groups is 1. The lowest BCUT2D eigenvalue weighted by molar-refractivity contribution is -0.113. The van der Waals surface area contributed by atoms with E-state index in [1.807, 2.05) is 6.07 Å². The van der Waals surface area contributed by atoms with E-state index < -0.39 is 17.9 Å². The Bertz CT molecular complexity index is 1160. The van der Waals surface area contributed by atoms with Crippen molar-refractivity contribution in [1.29, 1.82) is 0 Å². The topological polar surface area (TPSA) is 86.7 Å². The lowest BCUT2D eigenvalue weighted by atomic mass is 9.90. The monoisotopic (exact) mass is 449 g/mol. The number of aliphatic hydroxyl groups is 1. The van der Waals surface area contributed by atoms with Gasteiger partial charge in [0, 0.05) is 5.56 Å². The normalized spacial score (nSPS) is 21.1. The standard InChI is InChI=1S/C25H23NO7/c1-29-19-8-4-17(5-9-19)23-25(28,18-6-10-20(30-2)11-7-18)26(24(27)33-23)14-16-3-12-21-22(13-16)32-15-31-21/h3-13,23,28H,14-15H2,1-2H3/t23-,25-/m0/s1. The molecule has 1 N–H and O–H groups in total. The van der Waals surface area contributed by atoms with E-state index in [0.29, 0.717) is 34.1 Å². The fraction of sp³-hybridized carbons (Fsp3) is 0.240. The van der Waals surface area contributed by atoms with Crippen molar-refractivity contribution in [3.63, 3.8) is 0 Å². The van der Waals surface area contributed by atoms with E-state index in [1.165, 1.54) is 4.90 Å². The molecule has 8 nitrogen and oxygen atoms in total. The number of amides is 1. The largest absolute Gasteiger partial charge is 0.497 e. The summed E-state index contributed by atoms with van der Waals surface area (Å²) in [6.45, 7) is 0.254. The van der Waals surface area contributed by atoms with Crippen LogP contribution in [0.4, 0.5) is 4.79 Å². The molecule has 8 heteroatoms. The highest BCUT2D eigenvalue weighted by molar-refractivity contribution is 5.72. The third-order valence-electron chi connectivity index (χ3n) is 5.93. The molecule has 3 aromatic rings. The summed E-state index contributed by atoms with van der Waals surface area (Å²) in [4.78, 5) is 14.4. The Labute approximate surface area is 190 Å². The van der Waals surface area contributed by atoms with Crippen molar-refractivity contribution in [3.05, 3.63) is 83.4 Å². The fourth-order valence-corrected chi connectivity index (χ4v) is 4.16. The Balaban J connectivity index is 1.56. The fourth-order valence-electron chi connectivity index (χ4n) is 4.16. The van der Waals surface area contributed by atoms with Crippen LogP contribution in [0.25, 0.3) is 0 Å². The van der Waals surface area contributed by atoms with Crippen molar-refractivity contribution in [2.75, 3.05) is 21.0 Å². The van der Waals surface area contributed by atoms with Gasteiger partial charge in [0.15, 0.2) is 17.6 Å². The van der Waals surface area contributed by atoms with Gasteiger partial charge in [-0.2, -0.15) is 0 Å². The Kier molecular flexibility index (Phi) is 5.22. The highest BCUT2D eigenvalue weighted by atomic mass is 16.7. The van der Waals surface area contributed by atoms with Crippen LogP contribution in [0.1, 0.15) is 22.8 Å². The molecule has 2 aliphatic rings. The van der Waals surface area contributed by atoms with Gasteiger partial charge in [-0.3, -0.25) is 4.90 Å². The molecule has 0 unspecified atom stereocenters. The minimum absolute atomic E-state index is 0.102. The first-order valence-corrected chi connectivity index (χ1v) is 10.4. The molecule has 2 aliphatic heterocycles. The maximum Gasteiger partial charge on any atom is 0.413 e. The maximum atomic E-state index is 13.1. The summed E-state index contributed by atoms with van der Waals surface area (Å²) in [5, 5.41) is 12.1. The minimum Gasteiger partial charge on any atom is -0.497 e. The van der Waals surface area contributed by atoms with Crippen molar-refractivity contribution >= 4 is 6.09 Å². The molecule has 0 spiro atoms. The van der Waals surface area contributed by atoms with Gasteiger partial charge in [0.05, 0.1) is 20.8 Å². The molecule has 1 amide bonds. The lowest BCUT2D eigenvalue weighted by Gasteiger charge is -2.35. The first kappa shape index (κ1) is 21.0. The number of carbonyl (C=O) groups excluding carboxylic acids is 1. The summed E-state index contributed by atoms with van der Waals surface area (Å²) in [7, 11) is 3.14. The summed E-state index contributed by atoms with van der Waals surface area (Å²) < 4.78 is 27.1. The zero-order valence-corrected chi connectivity index (χ0v) is 18.2. The first-order chi connectivity index (χ1) is 16.0. The Morgan fingerprint density at radius 3 is 2.24 bits per heavy atom. The van der Waals surface area contributed by atoms with Crippen LogP contribution in [0.15, 0.2) is 66.7 Å². The summed E-state index contributed by atoms with van der Waals surface area (Å²) in [6.07, 6.45) is -1.59. The van der Waals surface area contributed by atoms with Gasteiger partial charge in [0.25, 0.3) is 0 Å². The second-order valence-corrected chi connectivity index (χ2v) is 7.77. The van der Waals surface area contributed by atoms with Crippen molar-refractivity contribution in [3.8, 4) is 23.0 Å². The number of ether oxygens (including phenoxy) is 5. The zero-order chi connectivity index (χ0) is 23.0. The van der Waals surface area contributed by atoms with E-state index in [0.717, 1.165) is 5.56 Å². The van der Waals surface area contributed by atoms with Crippen LogP contribution in [-0.4, -0.2) is 37.1 Å². The molecule has 0 aliphatic carbocycles. The molecule has 5 rings (SSSR count). The number of methoxy groups -OCH3 is 2. The van der Waals surface area contributed by atoms with E-state index >= 15 is 0 Å². The predicted octanol–water partition coefficient (Wildman–Crippen LogP) is 3.97. The number of rotatable bonds is 6. The minimum atomic E-state index is -1.77. The van der Waals surface area contributed by atoms with Crippen LogP contribution in [0.2, 0.25) is 0 Å². The molecule has 2 atom stereocenters. The summed E-state index contributed by atoms with van der Waals surface area (Å²) in [5.74, 6) is 2.54. The van der Waals surface area contributed by atoms with Crippen LogP contribution in [-0.2, 0) is 17.0 Å². The van der Waals surface area contributed by atoms with Gasteiger partial charge in [-0.1, -0.05) is 30.3 Å². The number of fused-ring (bicyclic) bond motifs is 1. The molecule has 0 saturated carbocycles. The molecule has 1 fully saturated rings. The molecule has 1 saturated heterocycles. The van der Waals surface area contributed by atoms with Crippen LogP contribution in [0.3, 0.4) is 0 Å². The molecule has 0 aromatic heterocycles. The number of hydrogen-bond acceptors (Lipinski definition) is 7. The van der Waals surface area contributed by atoms with E-state index in [2.05, 4.69) is 0 Å². The predicted molar refractivity (Wildman–Crippen MR) is 117 cm³/mol. The van der Waals surface area contributed by atoms with Crippen LogP contribution < -0.4 is 18.9 Å². The lowest BCUT2D eigenvalue weighted by Crippen LogP contribution is -2.45. The van der Waals surface area contributed by atoms with Crippen LogP contribution >= 0.6 is 0 Å². The number of benzene rings is 3. The molecule has 2 heterocycles. The Hall–Kier alpha value is -3.91. The average Bonchev–Trinajstić information content (AvgIpc) is 3.42. The molecular weight excluding hydrogens is 426 g/mol. The third-order valence-corrected chi connectivity index (χ3v) is 5.93. The SMILES string of the molecule is COc1ccc([C@@H]2OC(=O)N(Cc3ccc4c(c3)OCO4)[C@]2(O)c2ccc(OC)cc2)cc1. The van der Waals surface area contributed by atoms with Gasteiger partial charge >= 0.3 is 6.09 Å². The van der Waals surface area contributed by atoms with Crippen molar-refractivity contribution < 1.29 is 33.6 Å². The number of hydrogen-bond donors (Lipinski definition) is 1. The van der Waals surface area contributed by atoms with Gasteiger partial charge in [-0.25, -0.2) is 4.79 Å². The molecular formula is C25H23NO7. The van der Waals surface area contributed by atoms with Gasteiger partial charge in [-0.05, 0) is 47.5 Å². The van der Waals surface area contributed by atoms with E-state index in [4.69, 9.17) is 23.7 Å². The smallest absolute Gasteiger partial charge is 0.413 e. The Morgan fingerprint density at radius 2 is 1.58 bits per heavy atom. The van der Waals surface area contributed by atoms with E-state index in [-0.39, 0.29) is 13.3 Å². The van der Waals surface area contributed by atoms with Gasteiger partial charge in [0.2, 0.25) is 12.5 Å².